The molecule has 0 atom stereocenters. The molecule has 0 aliphatic rings. The van der Waals surface area contributed by atoms with E-state index in [0.29, 0.717) is 10.2 Å². The summed E-state index contributed by atoms with van der Waals surface area (Å²) in [4.78, 5) is 23.4. The van der Waals surface area contributed by atoms with Crippen LogP contribution in [-0.4, -0.2) is 70.6 Å². The van der Waals surface area contributed by atoms with Gasteiger partial charge in [0, 0.05) is 0 Å². The second kappa shape index (κ2) is 10.4. The molecule has 0 radical (unpaired) electrons. The molecule has 32 heavy (non-hydrogen) atoms. The number of aryl methyl sites for hydroxylation is 1. The Balaban J connectivity index is 2.21. The molecule has 0 fully saturated rings. The molecule has 0 aliphatic carbocycles. The molecule has 176 valence electrons. The third kappa shape index (κ3) is 7.04. The summed E-state index contributed by atoms with van der Waals surface area (Å²) in [6.07, 6.45) is -4.57. The number of hydrogen-bond donors (Lipinski definition) is 2. The summed E-state index contributed by atoms with van der Waals surface area (Å²) in [6.45, 7) is -0.475. The van der Waals surface area contributed by atoms with Gasteiger partial charge in [-0.25, -0.2) is 0 Å². The molecule has 0 spiro atoms. The normalized spacial score (nSPS) is 12.0. The Kier molecular flexibility index (Phi) is 8.43. The summed E-state index contributed by atoms with van der Waals surface area (Å²) < 4.78 is 74.6. The van der Waals surface area contributed by atoms with Gasteiger partial charge in [0.2, 0.25) is 0 Å². The fourth-order valence-electron chi connectivity index (χ4n) is 2.40. The van der Waals surface area contributed by atoms with Crippen LogP contribution in [-0.2, 0) is 14.8 Å². The maximum atomic E-state index is 12.8. The predicted octanol–water partition coefficient (Wildman–Crippen LogP) is 1.22. The van der Waals surface area contributed by atoms with Gasteiger partial charge in [-0.15, -0.1) is 0 Å². The summed E-state index contributed by atoms with van der Waals surface area (Å²) in [7, 11) is -3.04. The van der Waals surface area contributed by atoms with E-state index in [-0.39, 0.29) is 16.4 Å². The summed E-state index contributed by atoms with van der Waals surface area (Å²) in [5.74, 6) is -0.978. The van der Waals surface area contributed by atoms with Gasteiger partial charge in [0.15, 0.2) is 0 Å². The number of nitrogens with zero attached hydrogens (tertiary/aromatic N) is 3. The van der Waals surface area contributed by atoms with Gasteiger partial charge < -0.3 is 0 Å². The van der Waals surface area contributed by atoms with E-state index in [1.807, 2.05) is 11.4 Å². The van der Waals surface area contributed by atoms with E-state index in [1.165, 1.54) is 25.1 Å². The first-order chi connectivity index (χ1) is 14.8. The van der Waals surface area contributed by atoms with Crippen LogP contribution in [0, 0.1) is 6.92 Å². The van der Waals surface area contributed by atoms with Crippen molar-refractivity contribution >= 4 is 41.2 Å². The van der Waals surface area contributed by atoms with Crippen LogP contribution in [0.25, 0.3) is 0 Å². The zero-order valence-corrected chi connectivity index (χ0v) is 20.2. The zero-order chi connectivity index (χ0) is 24.1. The standard InChI is InChI=1S/C17H21AsF3N5O5S/c1-10-6-5-7-11(13(27)30-4)12(10)32(28,29)23-9-22-15-24-14(18(2)3)25-16(26-15)31-8-17(19,20)21/h5-7,23H,8-9H2,1-4H3,(H,22,24,25,26). The van der Waals surface area contributed by atoms with Crippen molar-refractivity contribution in [1.82, 2.24) is 19.7 Å². The van der Waals surface area contributed by atoms with Gasteiger partial charge in [-0.1, -0.05) is 0 Å². The minimum atomic E-state index is -4.57. The topological polar surface area (TPSA) is 132 Å². The number of carbonyl (C=O) groups is 1. The number of anilines is 1. The fourth-order valence-corrected chi connectivity index (χ4v) is 4.95. The van der Waals surface area contributed by atoms with Gasteiger partial charge >= 0.3 is 187 Å². The summed E-state index contributed by atoms with van der Waals surface area (Å²) in [5.41, 5.74) is 3.89. The van der Waals surface area contributed by atoms with Crippen molar-refractivity contribution in [3.05, 3.63) is 29.3 Å². The van der Waals surface area contributed by atoms with Crippen LogP contribution in [0.15, 0.2) is 23.1 Å². The van der Waals surface area contributed by atoms with Crippen molar-refractivity contribution in [2.24, 2.45) is 0 Å². The van der Waals surface area contributed by atoms with E-state index in [2.05, 4.69) is 34.5 Å². The van der Waals surface area contributed by atoms with Crippen LogP contribution in [0.4, 0.5) is 19.1 Å². The molecule has 1 heterocycles. The molecule has 2 rings (SSSR count). The van der Waals surface area contributed by atoms with E-state index >= 15 is 0 Å². The number of carbonyl (C=O) groups excluding carboxylic acids is 1. The fraction of sp³-hybridized carbons (Fsp3) is 0.412. The molecule has 1 aromatic carbocycles. The molecule has 2 N–H and O–H groups in total. The van der Waals surface area contributed by atoms with Crippen molar-refractivity contribution in [3.8, 4) is 6.01 Å². The third-order valence-corrected chi connectivity index (χ3v) is 7.46. The first kappa shape index (κ1) is 25.8. The van der Waals surface area contributed by atoms with Gasteiger partial charge in [0.1, 0.15) is 0 Å². The Morgan fingerprint density at radius 3 is 2.47 bits per heavy atom. The Labute approximate surface area is 187 Å². The number of aromatic nitrogens is 3. The van der Waals surface area contributed by atoms with Crippen LogP contribution in [0.2, 0.25) is 11.4 Å². The van der Waals surface area contributed by atoms with E-state index in [4.69, 9.17) is 0 Å². The molecule has 0 saturated heterocycles. The minimum absolute atomic E-state index is 0.142. The Hall–Kier alpha value is -2.44. The number of alkyl halides is 3. The van der Waals surface area contributed by atoms with Gasteiger partial charge in [0.25, 0.3) is 0 Å². The number of methoxy groups -OCH3 is 1. The van der Waals surface area contributed by atoms with Gasteiger partial charge in [-0.05, 0) is 0 Å². The summed E-state index contributed by atoms with van der Waals surface area (Å²) in [6, 6.07) is 3.83. The predicted molar refractivity (Wildman–Crippen MR) is 110 cm³/mol. The van der Waals surface area contributed by atoms with Crippen molar-refractivity contribution in [2.75, 3.05) is 25.7 Å². The number of nitrogens with one attached hydrogen (secondary N) is 2. The van der Waals surface area contributed by atoms with Gasteiger partial charge in [-0.2, -0.15) is 0 Å². The zero-order valence-electron chi connectivity index (χ0n) is 17.5. The Morgan fingerprint density at radius 1 is 1.19 bits per heavy atom. The van der Waals surface area contributed by atoms with E-state index in [0.717, 1.165) is 7.11 Å². The molecular formula is C17H21AsF3N5O5S. The molecule has 2 aromatic rings. The molecule has 10 nitrogen and oxygen atoms in total. The SMILES string of the molecule is COC(=O)c1cccc(C)c1S(=O)(=O)NCNc1nc(OCC(F)(F)F)nc([As](C)C)n1. The third-order valence-electron chi connectivity index (χ3n) is 3.76. The summed E-state index contributed by atoms with van der Waals surface area (Å²) in [5, 5.41) is 2.58. The number of rotatable bonds is 9. The second-order valence-corrected chi connectivity index (χ2v) is 12.8. The molecule has 15 heteroatoms. The van der Waals surface area contributed by atoms with Crippen LogP contribution >= 0.6 is 0 Å². The van der Waals surface area contributed by atoms with Crippen LogP contribution in [0.5, 0.6) is 6.01 Å². The molecular weight excluding hydrogens is 518 g/mol. The van der Waals surface area contributed by atoms with Crippen molar-refractivity contribution in [1.29, 1.82) is 0 Å². The first-order valence-electron chi connectivity index (χ1n) is 8.88. The molecule has 0 unspecified atom stereocenters. The molecule has 1 aromatic heterocycles. The number of ether oxygens (including phenoxy) is 2. The monoisotopic (exact) mass is 539 g/mol. The van der Waals surface area contributed by atoms with Crippen LogP contribution < -0.4 is 19.4 Å². The Morgan fingerprint density at radius 2 is 1.88 bits per heavy atom. The number of esters is 1. The number of halogens is 3. The van der Waals surface area contributed by atoms with Crippen molar-refractivity contribution < 1.29 is 35.9 Å². The molecule has 0 saturated carbocycles. The van der Waals surface area contributed by atoms with Crippen LogP contribution in [0.3, 0.4) is 0 Å². The molecule has 0 aliphatic heterocycles. The number of benzene rings is 1. The molecule has 0 bridgehead atoms. The van der Waals surface area contributed by atoms with Crippen molar-refractivity contribution in [2.45, 2.75) is 29.4 Å². The average molecular weight is 539 g/mol. The van der Waals surface area contributed by atoms with E-state index in [9.17, 15) is 26.4 Å². The van der Waals surface area contributed by atoms with E-state index in [1.54, 1.807) is 0 Å². The molecule has 0 amide bonds. The van der Waals surface area contributed by atoms with Crippen molar-refractivity contribution in [3.63, 3.8) is 0 Å². The van der Waals surface area contributed by atoms with E-state index < -0.39 is 56.1 Å². The maximum absolute atomic E-state index is 12.8. The second-order valence-electron chi connectivity index (χ2n) is 6.48. The van der Waals surface area contributed by atoms with Gasteiger partial charge in [0.05, 0.1) is 0 Å². The Bertz CT molecular complexity index is 1080. The average Bonchev–Trinajstić information content (AvgIpc) is 2.70. The summed E-state index contributed by atoms with van der Waals surface area (Å²) >= 11 is -1.72. The first-order valence-corrected chi connectivity index (χ1v) is 15.1. The van der Waals surface area contributed by atoms with Gasteiger partial charge in [-0.3, -0.25) is 0 Å². The number of sulfonamides is 1. The number of hydrogen-bond acceptors (Lipinski definition) is 9. The quantitative estimate of drug-likeness (QED) is 0.274. The van der Waals surface area contributed by atoms with Crippen LogP contribution in [0.1, 0.15) is 15.9 Å².